The Morgan fingerprint density at radius 1 is 1.05 bits per heavy atom. The molecule has 0 radical (unpaired) electrons. The van der Waals surface area contributed by atoms with Crippen LogP contribution in [0.1, 0.15) is 24.6 Å². The van der Waals surface area contributed by atoms with Gasteiger partial charge in [-0.3, -0.25) is 0 Å². The molecule has 4 heteroatoms. The van der Waals surface area contributed by atoms with Crippen LogP contribution < -0.4 is 14.8 Å². The summed E-state index contributed by atoms with van der Waals surface area (Å²) in [5.74, 6) is 2.17. The Hall–Kier alpha value is -2.07. The highest BCUT2D eigenvalue weighted by Gasteiger charge is 2.04. The van der Waals surface area contributed by atoms with Crippen LogP contribution in [0.2, 0.25) is 0 Å². The minimum Gasteiger partial charge on any atom is -0.497 e. The quantitative estimate of drug-likeness (QED) is 0.788. The zero-order valence-corrected chi connectivity index (χ0v) is 12.8. The van der Waals surface area contributed by atoms with Gasteiger partial charge in [-0.05, 0) is 49.7 Å². The van der Waals surface area contributed by atoms with Crippen LogP contribution in [0.25, 0.3) is 0 Å². The first-order valence-corrected chi connectivity index (χ1v) is 7.22. The molecule has 0 aliphatic rings. The van der Waals surface area contributed by atoms with Gasteiger partial charge in [-0.25, -0.2) is 4.98 Å². The molecule has 1 aromatic heterocycles. The van der Waals surface area contributed by atoms with Crippen LogP contribution >= 0.6 is 0 Å². The zero-order chi connectivity index (χ0) is 15.1. The number of ether oxygens (including phenoxy) is 2. The third kappa shape index (κ3) is 4.46. The van der Waals surface area contributed by atoms with Gasteiger partial charge in [-0.1, -0.05) is 13.0 Å². The van der Waals surface area contributed by atoms with E-state index in [9.17, 15) is 0 Å². The molecule has 1 N–H and O–H groups in total. The van der Waals surface area contributed by atoms with E-state index in [2.05, 4.69) is 23.3 Å². The van der Waals surface area contributed by atoms with Crippen molar-refractivity contribution in [1.29, 1.82) is 0 Å². The van der Waals surface area contributed by atoms with Crippen LogP contribution in [0, 0.1) is 6.92 Å². The predicted octanol–water partition coefficient (Wildman–Crippen LogP) is 3.69. The van der Waals surface area contributed by atoms with Crippen molar-refractivity contribution in [2.24, 2.45) is 0 Å². The van der Waals surface area contributed by atoms with Crippen molar-refractivity contribution in [3.05, 3.63) is 47.7 Å². The topological polar surface area (TPSA) is 43.4 Å². The van der Waals surface area contributed by atoms with E-state index < -0.39 is 0 Å². The van der Waals surface area contributed by atoms with Gasteiger partial charge in [0.2, 0.25) is 5.88 Å². The molecule has 0 aliphatic carbocycles. The van der Waals surface area contributed by atoms with Gasteiger partial charge in [-0.2, -0.15) is 0 Å². The molecule has 0 amide bonds. The van der Waals surface area contributed by atoms with Crippen molar-refractivity contribution in [2.75, 3.05) is 13.7 Å². The number of aromatic nitrogens is 1. The summed E-state index contributed by atoms with van der Waals surface area (Å²) >= 11 is 0. The van der Waals surface area contributed by atoms with Gasteiger partial charge in [0.25, 0.3) is 0 Å². The molecule has 1 heterocycles. The summed E-state index contributed by atoms with van der Waals surface area (Å²) in [6, 6.07) is 11.4. The van der Waals surface area contributed by atoms with Crippen molar-refractivity contribution in [2.45, 2.75) is 26.8 Å². The summed E-state index contributed by atoms with van der Waals surface area (Å²) in [6.45, 7) is 6.02. The van der Waals surface area contributed by atoms with E-state index >= 15 is 0 Å². The number of benzene rings is 1. The molecule has 0 unspecified atom stereocenters. The maximum atomic E-state index is 5.75. The maximum Gasteiger partial charge on any atom is 0.219 e. The smallest absolute Gasteiger partial charge is 0.219 e. The van der Waals surface area contributed by atoms with Gasteiger partial charge >= 0.3 is 0 Å². The molecule has 112 valence electrons. The standard InChI is InChI=1S/C17H22N2O2/c1-4-11-18-12-14-5-10-17(19-13(14)2)21-16-8-6-15(20-3)7-9-16/h5-10,18H,4,11-12H2,1-3H3. The van der Waals surface area contributed by atoms with Crippen LogP contribution in [0.4, 0.5) is 0 Å². The van der Waals surface area contributed by atoms with E-state index in [-0.39, 0.29) is 0 Å². The Bertz CT molecular complexity index is 568. The summed E-state index contributed by atoms with van der Waals surface area (Å²) in [5.41, 5.74) is 2.19. The fourth-order valence-corrected chi connectivity index (χ4v) is 1.97. The largest absolute Gasteiger partial charge is 0.497 e. The number of hydrogen-bond donors (Lipinski definition) is 1. The number of pyridine rings is 1. The average Bonchev–Trinajstić information content (AvgIpc) is 2.50. The highest BCUT2D eigenvalue weighted by molar-refractivity contribution is 5.34. The molecular formula is C17H22N2O2. The van der Waals surface area contributed by atoms with E-state index in [1.807, 2.05) is 37.3 Å². The Labute approximate surface area is 126 Å². The van der Waals surface area contributed by atoms with Crippen molar-refractivity contribution in [3.63, 3.8) is 0 Å². The summed E-state index contributed by atoms with van der Waals surface area (Å²) in [5, 5.41) is 3.38. The van der Waals surface area contributed by atoms with E-state index in [0.29, 0.717) is 5.88 Å². The van der Waals surface area contributed by atoms with Gasteiger partial charge in [0.1, 0.15) is 11.5 Å². The summed E-state index contributed by atoms with van der Waals surface area (Å²) in [4.78, 5) is 4.50. The van der Waals surface area contributed by atoms with E-state index in [4.69, 9.17) is 9.47 Å². The monoisotopic (exact) mass is 286 g/mol. The lowest BCUT2D eigenvalue weighted by molar-refractivity contribution is 0.412. The first-order valence-electron chi connectivity index (χ1n) is 7.22. The minimum atomic E-state index is 0.608. The Balaban J connectivity index is 2.01. The third-order valence-corrected chi connectivity index (χ3v) is 3.19. The summed E-state index contributed by atoms with van der Waals surface area (Å²) < 4.78 is 10.9. The molecule has 21 heavy (non-hydrogen) atoms. The van der Waals surface area contributed by atoms with Gasteiger partial charge < -0.3 is 14.8 Å². The highest BCUT2D eigenvalue weighted by atomic mass is 16.5. The molecule has 0 saturated heterocycles. The van der Waals surface area contributed by atoms with Crippen molar-refractivity contribution in [1.82, 2.24) is 10.3 Å². The molecule has 0 aliphatic heterocycles. The fraction of sp³-hybridized carbons (Fsp3) is 0.353. The van der Waals surface area contributed by atoms with Crippen LogP contribution in [-0.2, 0) is 6.54 Å². The normalized spacial score (nSPS) is 10.4. The lowest BCUT2D eigenvalue weighted by Crippen LogP contribution is -2.15. The highest BCUT2D eigenvalue weighted by Crippen LogP contribution is 2.23. The van der Waals surface area contributed by atoms with Gasteiger partial charge in [0.05, 0.1) is 7.11 Å². The Morgan fingerprint density at radius 3 is 2.38 bits per heavy atom. The third-order valence-electron chi connectivity index (χ3n) is 3.19. The molecule has 0 saturated carbocycles. The number of nitrogens with one attached hydrogen (secondary N) is 1. The second-order valence-corrected chi connectivity index (χ2v) is 4.85. The lowest BCUT2D eigenvalue weighted by Gasteiger charge is -2.10. The van der Waals surface area contributed by atoms with Crippen LogP contribution in [-0.4, -0.2) is 18.6 Å². The van der Waals surface area contributed by atoms with Crippen molar-refractivity contribution in [3.8, 4) is 17.4 Å². The maximum absolute atomic E-state index is 5.75. The second kappa shape index (κ2) is 7.64. The molecule has 4 nitrogen and oxygen atoms in total. The van der Waals surface area contributed by atoms with Gasteiger partial charge in [-0.15, -0.1) is 0 Å². The number of aryl methyl sites for hydroxylation is 1. The number of methoxy groups -OCH3 is 1. The first kappa shape index (κ1) is 15.3. The fourth-order valence-electron chi connectivity index (χ4n) is 1.97. The van der Waals surface area contributed by atoms with Crippen LogP contribution in [0.5, 0.6) is 17.4 Å². The second-order valence-electron chi connectivity index (χ2n) is 4.85. The molecular weight excluding hydrogens is 264 g/mol. The lowest BCUT2D eigenvalue weighted by atomic mass is 10.2. The molecule has 0 spiro atoms. The average molecular weight is 286 g/mol. The number of rotatable bonds is 7. The van der Waals surface area contributed by atoms with E-state index in [1.54, 1.807) is 7.11 Å². The van der Waals surface area contributed by atoms with Gasteiger partial charge in [0.15, 0.2) is 0 Å². The molecule has 0 fully saturated rings. The van der Waals surface area contributed by atoms with Crippen molar-refractivity contribution < 1.29 is 9.47 Å². The van der Waals surface area contributed by atoms with Gasteiger partial charge in [0, 0.05) is 18.3 Å². The summed E-state index contributed by atoms with van der Waals surface area (Å²) in [7, 11) is 1.64. The van der Waals surface area contributed by atoms with E-state index in [1.165, 1.54) is 5.56 Å². The van der Waals surface area contributed by atoms with Crippen LogP contribution in [0.3, 0.4) is 0 Å². The number of hydrogen-bond acceptors (Lipinski definition) is 4. The Morgan fingerprint density at radius 2 is 1.76 bits per heavy atom. The predicted molar refractivity (Wildman–Crippen MR) is 84.0 cm³/mol. The SMILES string of the molecule is CCCNCc1ccc(Oc2ccc(OC)cc2)nc1C. The van der Waals surface area contributed by atoms with E-state index in [0.717, 1.165) is 36.7 Å². The molecule has 0 atom stereocenters. The molecule has 2 aromatic rings. The Kier molecular flexibility index (Phi) is 5.58. The molecule has 2 rings (SSSR count). The van der Waals surface area contributed by atoms with Crippen molar-refractivity contribution >= 4 is 0 Å². The zero-order valence-electron chi connectivity index (χ0n) is 12.8. The molecule has 0 bridgehead atoms. The first-order chi connectivity index (χ1) is 10.2. The molecule has 1 aromatic carbocycles. The minimum absolute atomic E-state index is 0.608. The summed E-state index contributed by atoms with van der Waals surface area (Å²) in [6.07, 6.45) is 1.13. The number of nitrogens with zero attached hydrogens (tertiary/aromatic N) is 1. The van der Waals surface area contributed by atoms with Crippen LogP contribution in [0.15, 0.2) is 36.4 Å².